The number of ether oxygens (including phenoxy) is 3. The second kappa shape index (κ2) is 10.4. The van der Waals surface area contributed by atoms with E-state index in [1.807, 2.05) is 78.9 Å². The van der Waals surface area contributed by atoms with E-state index in [-0.39, 0.29) is 0 Å². The molecule has 33 heavy (non-hydrogen) atoms. The fraction of sp³-hybridized carbons (Fsp3) is 0.154. The number of hydrogen-bond acceptors (Lipinski definition) is 7. The van der Waals surface area contributed by atoms with Crippen molar-refractivity contribution in [3.05, 3.63) is 90.1 Å². The predicted octanol–water partition coefficient (Wildman–Crippen LogP) is 5.58. The summed E-state index contributed by atoms with van der Waals surface area (Å²) in [7, 11) is 4.95. The van der Waals surface area contributed by atoms with Crippen molar-refractivity contribution in [2.75, 3.05) is 32.0 Å². The Labute approximate surface area is 193 Å². The first-order valence-electron chi connectivity index (χ1n) is 10.5. The molecule has 1 aromatic heterocycles. The van der Waals surface area contributed by atoms with Crippen LogP contribution in [0.3, 0.4) is 0 Å². The molecule has 3 aromatic carbocycles. The van der Waals surface area contributed by atoms with Crippen molar-refractivity contribution in [2.45, 2.75) is 6.42 Å². The summed E-state index contributed by atoms with van der Waals surface area (Å²) in [6.07, 6.45) is 0.654. The van der Waals surface area contributed by atoms with Gasteiger partial charge in [0.25, 0.3) is 0 Å². The molecule has 0 aliphatic carbocycles. The monoisotopic (exact) mass is 442 g/mol. The van der Waals surface area contributed by atoms with Gasteiger partial charge >= 0.3 is 0 Å². The number of rotatable bonds is 9. The Morgan fingerprint density at radius 3 is 1.61 bits per heavy atom. The molecule has 0 saturated heterocycles. The van der Waals surface area contributed by atoms with Crippen molar-refractivity contribution in [1.82, 2.24) is 9.97 Å². The first-order chi connectivity index (χ1) is 16.1. The molecule has 0 saturated carbocycles. The number of nitrogens with one attached hydrogen (secondary N) is 2. The third-order valence-electron chi connectivity index (χ3n) is 5.03. The Hall–Kier alpha value is -4.26. The molecule has 7 nitrogen and oxygen atoms in total. The first-order valence-corrected chi connectivity index (χ1v) is 10.5. The van der Waals surface area contributed by atoms with Gasteiger partial charge in [-0.05, 0) is 66.2 Å². The van der Waals surface area contributed by atoms with Crippen molar-refractivity contribution >= 4 is 23.1 Å². The van der Waals surface area contributed by atoms with E-state index < -0.39 is 0 Å². The van der Waals surface area contributed by atoms with Gasteiger partial charge in [0.1, 0.15) is 23.1 Å². The molecular formula is C26H26N4O3. The predicted molar refractivity (Wildman–Crippen MR) is 130 cm³/mol. The number of methoxy groups -OCH3 is 3. The van der Waals surface area contributed by atoms with Crippen LogP contribution in [0.15, 0.2) is 78.9 Å². The van der Waals surface area contributed by atoms with E-state index in [9.17, 15) is 0 Å². The molecular weight excluding hydrogens is 416 g/mol. The molecule has 0 bridgehead atoms. The molecule has 0 aliphatic heterocycles. The number of aromatic nitrogens is 2. The Bertz CT molecular complexity index is 1010. The fourth-order valence-electron chi connectivity index (χ4n) is 3.29. The summed E-state index contributed by atoms with van der Waals surface area (Å²) in [6.45, 7) is 0. The summed E-state index contributed by atoms with van der Waals surface area (Å²) >= 11 is 0. The molecule has 7 heteroatoms. The fourth-order valence-corrected chi connectivity index (χ4v) is 3.29. The van der Waals surface area contributed by atoms with Gasteiger partial charge in [-0.1, -0.05) is 12.1 Å². The number of anilines is 4. The van der Waals surface area contributed by atoms with E-state index in [1.54, 1.807) is 21.3 Å². The largest absolute Gasteiger partial charge is 0.497 e. The summed E-state index contributed by atoms with van der Waals surface area (Å²) < 4.78 is 15.7. The number of nitrogens with zero attached hydrogens (tertiary/aromatic N) is 2. The minimum atomic E-state index is 0.502. The summed E-state index contributed by atoms with van der Waals surface area (Å²) in [5, 5.41) is 6.64. The molecule has 0 amide bonds. The topological polar surface area (TPSA) is 77.5 Å². The Kier molecular flexibility index (Phi) is 6.90. The van der Waals surface area contributed by atoms with Crippen molar-refractivity contribution in [3.8, 4) is 17.2 Å². The molecule has 0 radical (unpaired) electrons. The van der Waals surface area contributed by atoms with E-state index in [2.05, 4.69) is 15.6 Å². The maximum absolute atomic E-state index is 5.26. The molecule has 0 unspecified atom stereocenters. The van der Waals surface area contributed by atoms with Crippen LogP contribution in [0.25, 0.3) is 0 Å². The smallest absolute Gasteiger partial charge is 0.229 e. The summed E-state index contributed by atoms with van der Waals surface area (Å²) in [6, 6.07) is 25.2. The van der Waals surface area contributed by atoms with Gasteiger partial charge in [-0.2, -0.15) is 4.98 Å². The summed E-state index contributed by atoms with van der Waals surface area (Å²) in [4.78, 5) is 9.40. The molecule has 0 fully saturated rings. The SMILES string of the molecule is COc1ccc(Cc2cc(Nc3ccc(OC)cc3)nc(Nc3ccc(OC)cc3)n2)cc1. The zero-order valence-electron chi connectivity index (χ0n) is 18.8. The molecule has 0 atom stereocenters. The van der Waals surface area contributed by atoms with Crippen molar-refractivity contribution in [3.63, 3.8) is 0 Å². The highest BCUT2D eigenvalue weighted by Gasteiger charge is 2.08. The highest BCUT2D eigenvalue weighted by molar-refractivity contribution is 5.61. The second-order valence-corrected chi connectivity index (χ2v) is 7.30. The van der Waals surface area contributed by atoms with Gasteiger partial charge < -0.3 is 24.8 Å². The average Bonchev–Trinajstić information content (AvgIpc) is 2.85. The van der Waals surface area contributed by atoms with Crippen molar-refractivity contribution < 1.29 is 14.2 Å². The highest BCUT2D eigenvalue weighted by atomic mass is 16.5. The molecule has 1 heterocycles. The Morgan fingerprint density at radius 2 is 1.09 bits per heavy atom. The third kappa shape index (κ3) is 5.92. The average molecular weight is 443 g/mol. The lowest BCUT2D eigenvalue weighted by molar-refractivity contribution is 0.414. The van der Waals surface area contributed by atoms with Crippen LogP contribution in [-0.2, 0) is 6.42 Å². The van der Waals surface area contributed by atoms with E-state index in [4.69, 9.17) is 19.2 Å². The molecule has 0 aliphatic rings. The maximum atomic E-state index is 5.26. The highest BCUT2D eigenvalue weighted by Crippen LogP contribution is 2.24. The van der Waals surface area contributed by atoms with Crippen LogP contribution in [0.4, 0.5) is 23.1 Å². The zero-order chi connectivity index (χ0) is 23.0. The minimum Gasteiger partial charge on any atom is -0.497 e. The molecule has 168 valence electrons. The molecule has 4 aromatic rings. The standard InChI is InChI=1S/C26H26N4O3/c1-31-22-10-4-18(5-11-22)16-21-17-25(27-19-6-12-23(32-2)13-7-19)30-26(29-21)28-20-8-14-24(33-3)15-9-20/h4-15,17H,16H2,1-3H3,(H2,27,28,29,30). The Morgan fingerprint density at radius 1 is 0.606 bits per heavy atom. The van der Waals surface area contributed by atoms with Gasteiger partial charge in [0.15, 0.2) is 0 Å². The second-order valence-electron chi connectivity index (χ2n) is 7.30. The van der Waals surface area contributed by atoms with Crippen LogP contribution in [-0.4, -0.2) is 31.3 Å². The quantitative estimate of drug-likeness (QED) is 0.350. The van der Waals surface area contributed by atoms with Crippen LogP contribution in [0.1, 0.15) is 11.3 Å². The van der Waals surface area contributed by atoms with Gasteiger partial charge in [0, 0.05) is 23.9 Å². The van der Waals surface area contributed by atoms with E-state index in [0.717, 1.165) is 39.9 Å². The van der Waals surface area contributed by atoms with Crippen LogP contribution in [0, 0.1) is 0 Å². The van der Waals surface area contributed by atoms with E-state index in [0.29, 0.717) is 18.2 Å². The lowest BCUT2D eigenvalue weighted by Crippen LogP contribution is -2.04. The molecule has 0 spiro atoms. The van der Waals surface area contributed by atoms with Gasteiger partial charge in [-0.25, -0.2) is 4.98 Å². The molecule has 4 rings (SSSR count). The third-order valence-corrected chi connectivity index (χ3v) is 5.03. The van der Waals surface area contributed by atoms with Gasteiger partial charge in [0.2, 0.25) is 5.95 Å². The van der Waals surface area contributed by atoms with Crippen LogP contribution in [0.5, 0.6) is 17.2 Å². The Balaban J connectivity index is 1.61. The van der Waals surface area contributed by atoms with Gasteiger partial charge in [0.05, 0.1) is 27.0 Å². The first kappa shape index (κ1) is 22.0. The van der Waals surface area contributed by atoms with Crippen molar-refractivity contribution in [2.24, 2.45) is 0 Å². The van der Waals surface area contributed by atoms with Crippen LogP contribution in [0.2, 0.25) is 0 Å². The lowest BCUT2D eigenvalue weighted by Gasteiger charge is -2.12. The van der Waals surface area contributed by atoms with E-state index in [1.165, 1.54) is 0 Å². The normalized spacial score (nSPS) is 10.4. The van der Waals surface area contributed by atoms with Gasteiger partial charge in [-0.3, -0.25) is 0 Å². The lowest BCUT2D eigenvalue weighted by atomic mass is 10.1. The van der Waals surface area contributed by atoms with Crippen molar-refractivity contribution in [1.29, 1.82) is 0 Å². The number of benzene rings is 3. The maximum Gasteiger partial charge on any atom is 0.229 e. The number of hydrogen-bond donors (Lipinski definition) is 2. The molecule has 2 N–H and O–H groups in total. The summed E-state index contributed by atoms with van der Waals surface area (Å²) in [5.74, 6) is 3.60. The zero-order valence-corrected chi connectivity index (χ0v) is 18.8. The summed E-state index contributed by atoms with van der Waals surface area (Å²) in [5.41, 5.74) is 3.77. The van der Waals surface area contributed by atoms with Crippen LogP contribution >= 0.6 is 0 Å². The van der Waals surface area contributed by atoms with E-state index >= 15 is 0 Å². The minimum absolute atomic E-state index is 0.502. The van der Waals surface area contributed by atoms with Crippen LogP contribution < -0.4 is 24.8 Å². The van der Waals surface area contributed by atoms with Gasteiger partial charge in [-0.15, -0.1) is 0 Å².